The van der Waals surface area contributed by atoms with Crippen LogP contribution in [-0.2, 0) is 11.3 Å². The number of ether oxygens (including phenoxy) is 1. The van der Waals surface area contributed by atoms with E-state index in [2.05, 4.69) is 67.9 Å². The Hall–Kier alpha value is -2.62. The monoisotopic (exact) mass is 493 g/mol. The van der Waals surface area contributed by atoms with Gasteiger partial charge in [0, 0.05) is 43.8 Å². The Kier molecular flexibility index (Phi) is 7.79. The minimum atomic E-state index is -0.0272. The Balaban J connectivity index is 1.48. The molecule has 0 unspecified atom stereocenters. The molecule has 0 spiro atoms. The summed E-state index contributed by atoms with van der Waals surface area (Å²) < 4.78 is 7.63. The van der Waals surface area contributed by atoms with Crippen molar-refractivity contribution in [1.82, 2.24) is 35.0 Å². The van der Waals surface area contributed by atoms with Crippen LogP contribution in [0, 0.1) is 12.8 Å². The lowest BCUT2D eigenvalue weighted by atomic mass is 9.99. The van der Waals surface area contributed by atoms with Gasteiger partial charge in [0.15, 0.2) is 5.82 Å². The summed E-state index contributed by atoms with van der Waals surface area (Å²) in [6.45, 7) is 12.3. The highest BCUT2D eigenvalue weighted by atomic mass is 16.5. The number of aromatic nitrogens is 5. The molecule has 9 nitrogen and oxygen atoms in total. The van der Waals surface area contributed by atoms with E-state index in [9.17, 15) is 4.79 Å². The van der Waals surface area contributed by atoms with Gasteiger partial charge in [0.2, 0.25) is 0 Å². The second-order valence-corrected chi connectivity index (χ2v) is 10.7. The van der Waals surface area contributed by atoms with E-state index < -0.39 is 0 Å². The molecule has 5 rings (SSSR count). The zero-order chi connectivity index (χ0) is 25.1. The molecule has 3 aromatic rings. The average molecular weight is 494 g/mol. The molecule has 1 N–H and O–H groups in total. The fraction of sp³-hybridized carbons (Fsp3) is 0.630. The van der Waals surface area contributed by atoms with E-state index in [1.807, 2.05) is 12.1 Å². The number of benzene rings is 1. The third-order valence-corrected chi connectivity index (χ3v) is 7.74. The summed E-state index contributed by atoms with van der Waals surface area (Å²) in [7, 11) is 0. The SMILES string of the molecule is Cc1ccc2[nH]c(=O)c(CN(CCN3CCOCC3)[C@H](c3nnnn3C3CCCC3)C(C)C)cc2c1. The number of rotatable bonds is 9. The van der Waals surface area contributed by atoms with Gasteiger partial charge in [-0.2, -0.15) is 0 Å². The maximum atomic E-state index is 13.2. The van der Waals surface area contributed by atoms with Gasteiger partial charge in [-0.3, -0.25) is 14.6 Å². The first-order valence-electron chi connectivity index (χ1n) is 13.4. The maximum absolute atomic E-state index is 13.2. The van der Waals surface area contributed by atoms with Crippen LogP contribution in [0.25, 0.3) is 10.9 Å². The van der Waals surface area contributed by atoms with Gasteiger partial charge < -0.3 is 9.72 Å². The van der Waals surface area contributed by atoms with Gasteiger partial charge in [0.25, 0.3) is 5.56 Å². The number of hydrogen-bond donors (Lipinski definition) is 1. The van der Waals surface area contributed by atoms with Gasteiger partial charge in [-0.05, 0) is 59.7 Å². The van der Waals surface area contributed by atoms with E-state index in [0.717, 1.165) is 74.5 Å². The van der Waals surface area contributed by atoms with Crippen LogP contribution in [0.15, 0.2) is 29.1 Å². The van der Waals surface area contributed by atoms with E-state index in [1.54, 1.807) is 0 Å². The van der Waals surface area contributed by atoms with E-state index in [0.29, 0.717) is 12.6 Å². The Morgan fingerprint density at radius 2 is 1.94 bits per heavy atom. The Labute approximate surface area is 212 Å². The summed E-state index contributed by atoms with van der Waals surface area (Å²) in [6, 6.07) is 8.58. The van der Waals surface area contributed by atoms with Gasteiger partial charge >= 0.3 is 0 Å². The Bertz CT molecular complexity index is 1210. The van der Waals surface area contributed by atoms with E-state index >= 15 is 0 Å². The number of fused-ring (bicyclic) bond motifs is 1. The third kappa shape index (κ3) is 5.53. The summed E-state index contributed by atoms with van der Waals surface area (Å²) in [5.41, 5.74) is 2.81. The predicted octanol–water partition coefficient (Wildman–Crippen LogP) is 3.47. The fourth-order valence-electron chi connectivity index (χ4n) is 5.81. The molecule has 9 heteroatoms. The van der Waals surface area contributed by atoms with E-state index in [-0.39, 0.29) is 17.5 Å². The third-order valence-electron chi connectivity index (χ3n) is 7.74. The molecule has 1 saturated heterocycles. The molecule has 1 saturated carbocycles. The molecule has 1 aliphatic carbocycles. The van der Waals surface area contributed by atoms with Crippen LogP contribution < -0.4 is 5.56 Å². The van der Waals surface area contributed by atoms with Gasteiger partial charge in [-0.25, -0.2) is 4.68 Å². The Morgan fingerprint density at radius 3 is 2.69 bits per heavy atom. The first-order chi connectivity index (χ1) is 17.5. The zero-order valence-electron chi connectivity index (χ0n) is 21.8. The summed E-state index contributed by atoms with van der Waals surface area (Å²) in [5, 5.41) is 14.2. The van der Waals surface area contributed by atoms with Crippen molar-refractivity contribution in [3.05, 3.63) is 51.6 Å². The van der Waals surface area contributed by atoms with Crippen molar-refractivity contribution < 1.29 is 4.74 Å². The quantitative estimate of drug-likeness (QED) is 0.488. The number of hydrogen-bond acceptors (Lipinski definition) is 7. The van der Waals surface area contributed by atoms with Crippen molar-refractivity contribution in [1.29, 1.82) is 0 Å². The van der Waals surface area contributed by atoms with E-state index in [4.69, 9.17) is 4.74 Å². The molecular formula is C27H39N7O2. The zero-order valence-corrected chi connectivity index (χ0v) is 21.8. The molecule has 2 fully saturated rings. The average Bonchev–Trinajstić information content (AvgIpc) is 3.56. The number of aryl methyl sites for hydroxylation is 1. The summed E-state index contributed by atoms with van der Waals surface area (Å²) in [6.07, 6.45) is 4.70. The van der Waals surface area contributed by atoms with Gasteiger partial charge in [0.05, 0.1) is 25.3 Å². The molecule has 194 valence electrons. The lowest BCUT2D eigenvalue weighted by Gasteiger charge is -2.36. The molecule has 1 aromatic carbocycles. The fourth-order valence-corrected chi connectivity index (χ4v) is 5.81. The van der Waals surface area contributed by atoms with Crippen molar-refractivity contribution in [3.63, 3.8) is 0 Å². The second-order valence-electron chi connectivity index (χ2n) is 10.7. The molecule has 2 aromatic heterocycles. The summed E-state index contributed by atoms with van der Waals surface area (Å²) in [4.78, 5) is 21.1. The van der Waals surface area contributed by atoms with Crippen molar-refractivity contribution in [2.45, 2.75) is 65.1 Å². The molecule has 2 aliphatic rings. The highest BCUT2D eigenvalue weighted by Gasteiger charge is 2.33. The highest BCUT2D eigenvalue weighted by molar-refractivity contribution is 5.79. The molecule has 0 bridgehead atoms. The number of H-pyrrole nitrogens is 1. The van der Waals surface area contributed by atoms with Crippen LogP contribution in [-0.4, -0.2) is 74.4 Å². The number of tetrazole rings is 1. The Morgan fingerprint density at radius 1 is 1.17 bits per heavy atom. The van der Waals surface area contributed by atoms with Crippen LogP contribution in [0.5, 0.6) is 0 Å². The number of aromatic amines is 1. The highest BCUT2D eigenvalue weighted by Crippen LogP contribution is 2.34. The van der Waals surface area contributed by atoms with Crippen LogP contribution in [0.3, 0.4) is 0 Å². The summed E-state index contributed by atoms with van der Waals surface area (Å²) >= 11 is 0. The van der Waals surface area contributed by atoms with Crippen LogP contribution >= 0.6 is 0 Å². The largest absolute Gasteiger partial charge is 0.379 e. The minimum absolute atomic E-state index is 0.00856. The normalized spacial score (nSPS) is 18.6. The minimum Gasteiger partial charge on any atom is -0.379 e. The van der Waals surface area contributed by atoms with Gasteiger partial charge in [0.1, 0.15) is 0 Å². The molecule has 3 heterocycles. The van der Waals surface area contributed by atoms with Crippen LogP contribution in [0.2, 0.25) is 0 Å². The van der Waals surface area contributed by atoms with Gasteiger partial charge in [-0.15, -0.1) is 5.10 Å². The topological polar surface area (TPSA) is 92.2 Å². The number of nitrogens with one attached hydrogen (secondary N) is 1. The molecule has 0 radical (unpaired) electrons. The van der Waals surface area contributed by atoms with Gasteiger partial charge in [-0.1, -0.05) is 38.3 Å². The molecule has 0 amide bonds. The maximum Gasteiger partial charge on any atom is 0.252 e. The molecule has 36 heavy (non-hydrogen) atoms. The molecule has 1 atom stereocenters. The van der Waals surface area contributed by atoms with Crippen molar-refractivity contribution in [3.8, 4) is 0 Å². The van der Waals surface area contributed by atoms with Crippen molar-refractivity contribution in [2.24, 2.45) is 5.92 Å². The second kappa shape index (κ2) is 11.2. The smallest absolute Gasteiger partial charge is 0.252 e. The van der Waals surface area contributed by atoms with E-state index in [1.165, 1.54) is 18.4 Å². The lowest BCUT2D eigenvalue weighted by molar-refractivity contribution is 0.0267. The number of morpholine rings is 1. The predicted molar refractivity (Wildman–Crippen MR) is 140 cm³/mol. The van der Waals surface area contributed by atoms with Crippen molar-refractivity contribution >= 4 is 10.9 Å². The standard InChI is InChI=1S/C27H39N7O2/c1-19(2)25(26-29-30-31-34(26)23-6-4-5-7-23)33(11-10-32-12-14-36-15-13-32)18-22-17-21-16-20(3)8-9-24(21)28-27(22)35/h8-9,16-17,19,23,25H,4-7,10-15,18H2,1-3H3,(H,28,35)/t25-/m0/s1. The van der Waals surface area contributed by atoms with Crippen molar-refractivity contribution in [2.75, 3.05) is 39.4 Å². The molecule has 1 aliphatic heterocycles. The first kappa shape index (κ1) is 25.0. The summed E-state index contributed by atoms with van der Waals surface area (Å²) in [5.74, 6) is 1.20. The van der Waals surface area contributed by atoms with Crippen LogP contribution in [0.4, 0.5) is 0 Å². The van der Waals surface area contributed by atoms with Crippen LogP contribution in [0.1, 0.15) is 68.6 Å². The first-order valence-corrected chi connectivity index (χ1v) is 13.4. The lowest BCUT2D eigenvalue weighted by Crippen LogP contribution is -2.44. The number of pyridine rings is 1. The number of nitrogens with zero attached hydrogens (tertiary/aromatic N) is 6. The molecular weight excluding hydrogens is 454 g/mol.